The van der Waals surface area contributed by atoms with E-state index in [1.54, 1.807) is 30.6 Å². The van der Waals surface area contributed by atoms with Crippen LogP contribution in [-0.2, 0) is 34.9 Å². The summed E-state index contributed by atoms with van der Waals surface area (Å²) < 4.78 is 42.7. The van der Waals surface area contributed by atoms with Crippen molar-refractivity contribution in [2.45, 2.75) is 51.5 Å². The summed E-state index contributed by atoms with van der Waals surface area (Å²) in [7, 11) is -2.21. The molecule has 2 aromatic heterocycles. The van der Waals surface area contributed by atoms with Crippen molar-refractivity contribution in [3.8, 4) is 22.6 Å². The first-order valence-corrected chi connectivity index (χ1v) is 17.8. The molecule has 1 aliphatic carbocycles. The molecule has 11 heteroatoms. The Morgan fingerprint density at radius 1 is 0.939 bits per heavy atom. The van der Waals surface area contributed by atoms with E-state index in [0.717, 1.165) is 56.1 Å². The van der Waals surface area contributed by atoms with Crippen LogP contribution in [0, 0.1) is 20.8 Å². The number of aryl methyl sites for hydroxylation is 3. The van der Waals surface area contributed by atoms with Gasteiger partial charge in [0.05, 0.1) is 17.7 Å². The third-order valence-electron chi connectivity index (χ3n) is 8.71. The first kappa shape index (κ1) is 34.0. The van der Waals surface area contributed by atoms with Crippen molar-refractivity contribution in [1.29, 1.82) is 0 Å². The minimum atomic E-state index is -4.09. The highest BCUT2D eigenvalue weighted by Crippen LogP contribution is 2.43. The fourth-order valence-electron chi connectivity index (χ4n) is 6.23. The van der Waals surface area contributed by atoms with Crippen LogP contribution < -0.4 is 14.2 Å². The van der Waals surface area contributed by atoms with Gasteiger partial charge < -0.3 is 9.47 Å². The molecule has 49 heavy (non-hydrogen) atoms. The number of benzene rings is 3. The Morgan fingerprint density at radius 3 is 2.39 bits per heavy atom. The molecule has 0 saturated heterocycles. The number of fused-ring (bicyclic) bond motifs is 1. The smallest absolute Gasteiger partial charge is 0.264 e. The van der Waals surface area contributed by atoms with Gasteiger partial charge in [0.2, 0.25) is 0 Å². The summed E-state index contributed by atoms with van der Waals surface area (Å²) in [6.07, 6.45) is 4.69. The Balaban J connectivity index is 1.32. The second-order valence-corrected chi connectivity index (χ2v) is 14.1. The quantitative estimate of drug-likeness (QED) is 0.136. The Labute approximate surface area is 291 Å². The predicted octanol–water partition coefficient (Wildman–Crippen LogP) is 7.31. The average molecular weight is 697 g/mol. The molecule has 0 bridgehead atoms. The molecule has 5 aromatic rings. The van der Waals surface area contributed by atoms with Crippen LogP contribution in [0.4, 0.5) is 0 Å². The number of nitrogens with zero attached hydrogens (tertiary/aromatic N) is 3. The van der Waals surface area contributed by atoms with Gasteiger partial charge in [0, 0.05) is 41.5 Å². The van der Waals surface area contributed by atoms with Crippen LogP contribution >= 0.6 is 11.6 Å². The number of carbonyl (C=O) groups is 1. The number of pyridine rings is 1. The van der Waals surface area contributed by atoms with E-state index in [4.69, 9.17) is 26.2 Å². The van der Waals surface area contributed by atoms with Gasteiger partial charge in [-0.2, -0.15) is 5.10 Å². The van der Waals surface area contributed by atoms with Crippen molar-refractivity contribution < 1.29 is 22.7 Å². The minimum Gasteiger partial charge on any atom is -0.494 e. The zero-order valence-corrected chi connectivity index (χ0v) is 29.4. The molecule has 252 valence electrons. The molecule has 1 aliphatic rings. The van der Waals surface area contributed by atoms with Crippen molar-refractivity contribution in [1.82, 2.24) is 19.5 Å². The largest absolute Gasteiger partial charge is 0.494 e. The number of hydrogen-bond acceptors (Lipinski definition) is 7. The number of allylic oxidation sites excluding steroid dienone is 1. The zero-order chi connectivity index (χ0) is 34.7. The number of aromatic nitrogens is 3. The first-order chi connectivity index (χ1) is 23.5. The van der Waals surface area contributed by atoms with E-state index in [-0.39, 0.29) is 17.9 Å². The van der Waals surface area contributed by atoms with Crippen LogP contribution in [0.1, 0.15) is 46.5 Å². The third kappa shape index (κ3) is 7.25. The molecule has 1 amide bonds. The highest BCUT2D eigenvalue weighted by Gasteiger charge is 2.32. The van der Waals surface area contributed by atoms with E-state index in [1.807, 2.05) is 75.0 Å². The van der Waals surface area contributed by atoms with Gasteiger partial charge in [0.25, 0.3) is 15.9 Å². The lowest BCUT2D eigenvalue weighted by atomic mass is 9.93. The molecule has 6 rings (SSSR count). The summed E-state index contributed by atoms with van der Waals surface area (Å²) in [5.41, 5.74) is 8.42. The molecule has 0 fully saturated rings. The lowest BCUT2D eigenvalue weighted by Crippen LogP contribution is -2.32. The Kier molecular flexibility index (Phi) is 9.89. The summed E-state index contributed by atoms with van der Waals surface area (Å²) in [6.45, 7) is 6.49. The van der Waals surface area contributed by atoms with Crippen LogP contribution in [0.5, 0.6) is 11.5 Å². The Bertz CT molecular complexity index is 2140. The normalized spacial score (nSPS) is 12.6. The van der Waals surface area contributed by atoms with E-state index >= 15 is 0 Å². The monoisotopic (exact) mass is 696 g/mol. The highest BCUT2D eigenvalue weighted by molar-refractivity contribution is 7.90. The lowest BCUT2D eigenvalue weighted by Gasteiger charge is -2.13. The summed E-state index contributed by atoms with van der Waals surface area (Å²) in [6, 6.07) is 21.3. The SMILES string of the molecule is Cc1cc(OCCCC2=C(C(=O)NS(=O)(=O)c3ccccc3)Cc3c2cccc3-c2c(COc3cccnc3)nn(C)c2C)cc(C)c1Cl. The molecule has 0 atom stereocenters. The number of ether oxygens (including phenoxy) is 2. The fourth-order valence-corrected chi connectivity index (χ4v) is 7.34. The Morgan fingerprint density at radius 2 is 1.67 bits per heavy atom. The average Bonchev–Trinajstić information content (AvgIpc) is 3.61. The number of sulfonamides is 1. The molecular weight excluding hydrogens is 660 g/mol. The number of halogens is 1. The van der Waals surface area contributed by atoms with Crippen molar-refractivity contribution in [3.63, 3.8) is 0 Å². The topological polar surface area (TPSA) is 112 Å². The minimum absolute atomic E-state index is 0.0212. The standard InChI is InChI=1S/C38H37ClN4O5S/c1-24-19-28(20-25(2)37(24)39)47-18-10-16-31-30-14-8-15-32(36-26(3)43(4)41-35(36)23-48-27-11-9-17-40-22-27)33(30)21-34(31)38(44)42-49(45,46)29-12-6-5-7-13-29/h5-9,11-15,17,19-20,22H,10,16,18,21,23H2,1-4H3,(H,42,44). The van der Waals surface area contributed by atoms with Crippen LogP contribution in [-0.4, -0.2) is 35.7 Å². The van der Waals surface area contributed by atoms with Crippen LogP contribution in [0.15, 0.2) is 95.7 Å². The lowest BCUT2D eigenvalue weighted by molar-refractivity contribution is -0.115. The molecule has 0 saturated carbocycles. The molecule has 0 radical (unpaired) electrons. The summed E-state index contributed by atoms with van der Waals surface area (Å²) in [4.78, 5) is 18.0. The second-order valence-electron chi connectivity index (χ2n) is 12.0. The van der Waals surface area contributed by atoms with Gasteiger partial charge in [-0.05, 0) is 103 Å². The molecule has 2 heterocycles. The van der Waals surface area contributed by atoms with Crippen molar-refractivity contribution in [2.75, 3.05) is 6.61 Å². The fraction of sp³-hybridized carbons (Fsp3) is 0.237. The molecule has 1 N–H and O–H groups in total. The first-order valence-electron chi connectivity index (χ1n) is 15.9. The van der Waals surface area contributed by atoms with E-state index in [9.17, 15) is 13.2 Å². The van der Waals surface area contributed by atoms with E-state index in [2.05, 4.69) is 9.71 Å². The highest BCUT2D eigenvalue weighted by atomic mass is 35.5. The number of carbonyl (C=O) groups excluding carboxylic acids is 1. The third-order valence-corrected chi connectivity index (χ3v) is 10.7. The van der Waals surface area contributed by atoms with Gasteiger partial charge in [-0.15, -0.1) is 0 Å². The van der Waals surface area contributed by atoms with E-state index < -0.39 is 15.9 Å². The van der Waals surface area contributed by atoms with Gasteiger partial charge in [0.1, 0.15) is 23.8 Å². The number of amides is 1. The van der Waals surface area contributed by atoms with Gasteiger partial charge in [-0.3, -0.25) is 14.5 Å². The van der Waals surface area contributed by atoms with Gasteiger partial charge in [-0.25, -0.2) is 13.1 Å². The predicted molar refractivity (Wildman–Crippen MR) is 190 cm³/mol. The molecule has 3 aromatic carbocycles. The van der Waals surface area contributed by atoms with E-state index in [1.165, 1.54) is 12.1 Å². The summed E-state index contributed by atoms with van der Waals surface area (Å²) in [5.74, 6) is 0.708. The zero-order valence-electron chi connectivity index (χ0n) is 27.8. The van der Waals surface area contributed by atoms with E-state index in [0.29, 0.717) is 35.8 Å². The maximum atomic E-state index is 13.9. The van der Waals surface area contributed by atoms with Crippen LogP contribution in [0.3, 0.4) is 0 Å². The van der Waals surface area contributed by atoms with Gasteiger partial charge in [-0.1, -0.05) is 48.0 Å². The summed E-state index contributed by atoms with van der Waals surface area (Å²) in [5, 5.41) is 5.48. The van der Waals surface area contributed by atoms with Crippen LogP contribution in [0.25, 0.3) is 16.7 Å². The molecule has 9 nitrogen and oxygen atoms in total. The van der Waals surface area contributed by atoms with Crippen molar-refractivity contribution >= 4 is 33.1 Å². The summed E-state index contributed by atoms with van der Waals surface area (Å²) >= 11 is 6.34. The van der Waals surface area contributed by atoms with Gasteiger partial charge >= 0.3 is 0 Å². The van der Waals surface area contributed by atoms with Crippen LogP contribution in [0.2, 0.25) is 5.02 Å². The Hall–Kier alpha value is -4.93. The van der Waals surface area contributed by atoms with Gasteiger partial charge in [0.15, 0.2) is 0 Å². The molecule has 0 spiro atoms. The maximum Gasteiger partial charge on any atom is 0.264 e. The molecule has 0 aliphatic heterocycles. The maximum absolute atomic E-state index is 13.9. The number of rotatable bonds is 12. The second kappa shape index (κ2) is 14.3. The molecular formula is C38H37ClN4O5S. The molecule has 0 unspecified atom stereocenters. The number of hydrogen-bond donors (Lipinski definition) is 1. The number of nitrogens with one attached hydrogen (secondary N) is 1. The van der Waals surface area contributed by atoms with Crippen molar-refractivity contribution in [3.05, 3.63) is 129 Å². The van der Waals surface area contributed by atoms with Crippen molar-refractivity contribution in [2.24, 2.45) is 7.05 Å².